The van der Waals surface area contributed by atoms with Gasteiger partial charge in [0.2, 0.25) is 0 Å². The normalized spacial score (nSPS) is 34.5. The van der Waals surface area contributed by atoms with Gasteiger partial charge in [0, 0.05) is 31.4 Å². The van der Waals surface area contributed by atoms with Gasteiger partial charge in [-0.1, -0.05) is 6.92 Å². The van der Waals surface area contributed by atoms with E-state index < -0.39 is 0 Å². The minimum absolute atomic E-state index is 0.208. The summed E-state index contributed by atoms with van der Waals surface area (Å²) in [6, 6.07) is 2.35. The lowest BCUT2D eigenvalue weighted by atomic mass is 9.86. The zero-order valence-electron chi connectivity index (χ0n) is 12.4. The highest BCUT2D eigenvalue weighted by Gasteiger charge is 2.44. The zero-order chi connectivity index (χ0) is 14.2. The van der Waals surface area contributed by atoms with Crippen molar-refractivity contribution in [3.8, 4) is 0 Å². The van der Waals surface area contributed by atoms with Crippen molar-refractivity contribution >= 4 is 5.82 Å². The molecule has 0 spiro atoms. The van der Waals surface area contributed by atoms with Crippen molar-refractivity contribution < 1.29 is 4.74 Å². The summed E-state index contributed by atoms with van der Waals surface area (Å²) >= 11 is 0. The highest BCUT2D eigenvalue weighted by molar-refractivity contribution is 5.40. The van der Waals surface area contributed by atoms with Gasteiger partial charge < -0.3 is 9.64 Å². The number of nitrogens with zero attached hydrogens (tertiary/aromatic N) is 3. The van der Waals surface area contributed by atoms with Crippen molar-refractivity contribution in [3.05, 3.63) is 18.1 Å². The molecule has 2 saturated heterocycles. The van der Waals surface area contributed by atoms with Gasteiger partial charge in [0.25, 0.3) is 0 Å². The third kappa shape index (κ3) is 2.51. The number of aryl methyl sites for hydroxylation is 1. The van der Waals surface area contributed by atoms with Crippen molar-refractivity contribution in [2.45, 2.75) is 32.4 Å². The second kappa shape index (κ2) is 5.27. The summed E-state index contributed by atoms with van der Waals surface area (Å²) < 4.78 is 6.11. The van der Waals surface area contributed by atoms with Gasteiger partial charge in [0.15, 0.2) is 0 Å². The van der Waals surface area contributed by atoms with E-state index in [1.807, 2.05) is 13.0 Å². The summed E-state index contributed by atoms with van der Waals surface area (Å²) in [5.74, 6) is 1.54. The summed E-state index contributed by atoms with van der Waals surface area (Å²) in [5, 5.41) is 0. The van der Waals surface area contributed by atoms with E-state index in [-0.39, 0.29) is 5.60 Å². The minimum atomic E-state index is -0.208. The van der Waals surface area contributed by atoms with E-state index in [1.54, 1.807) is 6.33 Å². The fourth-order valence-corrected chi connectivity index (χ4v) is 3.23. The molecule has 6 nitrogen and oxygen atoms in total. The second-order valence-electron chi connectivity index (χ2n) is 6.08. The lowest BCUT2D eigenvalue weighted by molar-refractivity contribution is -0.0715. The summed E-state index contributed by atoms with van der Waals surface area (Å²) in [4.78, 5) is 10.9. The Bertz CT molecular complexity index is 482. The molecule has 0 aliphatic carbocycles. The first-order valence-electron chi connectivity index (χ1n) is 7.24. The van der Waals surface area contributed by atoms with Gasteiger partial charge in [-0.2, -0.15) is 0 Å². The number of aromatic nitrogens is 2. The molecule has 0 saturated carbocycles. The molecule has 6 heteroatoms. The number of nitrogens with one attached hydrogen (secondary N) is 2. The Kier molecular flexibility index (Phi) is 3.62. The van der Waals surface area contributed by atoms with Crippen LogP contribution < -0.4 is 15.8 Å². The van der Waals surface area contributed by atoms with Crippen LogP contribution in [0.25, 0.3) is 0 Å². The monoisotopic (exact) mass is 277 g/mol. The molecule has 2 N–H and O–H groups in total. The van der Waals surface area contributed by atoms with Crippen LogP contribution in [0.3, 0.4) is 0 Å². The number of anilines is 1. The molecular weight excluding hydrogens is 254 g/mol. The summed E-state index contributed by atoms with van der Waals surface area (Å²) in [5.41, 5.74) is 7.39. The molecule has 2 aliphatic heterocycles. The number of ether oxygens (including phenoxy) is 1. The van der Waals surface area contributed by atoms with Crippen LogP contribution in [0.4, 0.5) is 5.82 Å². The van der Waals surface area contributed by atoms with E-state index in [9.17, 15) is 0 Å². The highest BCUT2D eigenvalue weighted by Crippen LogP contribution is 2.29. The lowest BCUT2D eigenvalue weighted by Crippen LogP contribution is -2.61. The molecule has 3 rings (SSSR count). The van der Waals surface area contributed by atoms with Gasteiger partial charge >= 0.3 is 0 Å². The Morgan fingerprint density at radius 3 is 3.00 bits per heavy atom. The smallest absolute Gasteiger partial charge is 0.132 e. The van der Waals surface area contributed by atoms with Crippen LogP contribution in [-0.2, 0) is 4.74 Å². The van der Waals surface area contributed by atoms with Gasteiger partial charge in [-0.25, -0.2) is 9.97 Å². The SMILES string of the molecule is Cc1cc(N2CCOC(C)(C3NNCC3C)C2)ncn1. The lowest BCUT2D eigenvalue weighted by Gasteiger charge is -2.45. The van der Waals surface area contributed by atoms with Crippen LogP contribution in [-0.4, -0.2) is 47.9 Å². The molecule has 3 unspecified atom stereocenters. The standard InChI is InChI=1S/C14H23N5O/c1-10-7-17-18-13(10)14(3)8-19(4-5-20-14)12-6-11(2)15-9-16-12/h6,9-10,13,17-18H,4-5,7-8H2,1-3H3. The second-order valence-corrected chi connectivity index (χ2v) is 6.08. The van der Waals surface area contributed by atoms with Gasteiger partial charge in [-0.05, 0) is 19.8 Å². The Morgan fingerprint density at radius 1 is 1.45 bits per heavy atom. The molecule has 3 atom stereocenters. The average Bonchev–Trinajstić information content (AvgIpc) is 2.86. The highest BCUT2D eigenvalue weighted by atomic mass is 16.5. The summed E-state index contributed by atoms with van der Waals surface area (Å²) in [6.45, 7) is 9.86. The van der Waals surface area contributed by atoms with Crippen molar-refractivity contribution in [2.75, 3.05) is 31.1 Å². The first-order chi connectivity index (χ1) is 9.58. The number of hydrazine groups is 1. The van der Waals surface area contributed by atoms with Crippen LogP contribution in [0.5, 0.6) is 0 Å². The first-order valence-corrected chi connectivity index (χ1v) is 7.24. The number of hydrogen-bond donors (Lipinski definition) is 2. The maximum atomic E-state index is 6.11. The molecule has 1 aromatic rings. The largest absolute Gasteiger partial charge is 0.370 e. The molecule has 20 heavy (non-hydrogen) atoms. The number of rotatable bonds is 2. The third-order valence-electron chi connectivity index (χ3n) is 4.32. The Labute approximate surface area is 119 Å². The van der Waals surface area contributed by atoms with Gasteiger partial charge in [-0.3, -0.25) is 10.9 Å². The molecule has 2 aliphatic rings. The van der Waals surface area contributed by atoms with Crippen LogP contribution in [0.1, 0.15) is 19.5 Å². The van der Waals surface area contributed by atoms with E-state index >= 15 is 0 Å². The molecule has 1 aromatic heterocycles. The molecule has 3 heterocycles. The molecule has 2 fully saturated rings. The Morgan fingerprint density at radius 2 is 2.30 bits per heavy atom. The fraction of sp³-hybridized carbons (Fsp3) is 0.714. The van der Waals surface area contributed by atoms with E-state index in [2.05, 4.69) is 39.6 Å². The Balaban J connectivity index is 1.79. The topological polar surface area (TPSA) is 62.3 Å². The predicted octanol–water partition coefficient (Wildman–Crippen LogP) is 0.493. The van der Waals surface area contributed by atoms with Gasteiger partial charge in [-0.15, -0.1) is 0 Å². The molecule has 0 radical (unpaired) electrons. The van der Waals surface area contributed by atoms with Crippen LogP contribution in [0.2, 0.25) is 0 Å². The number of morpholine rings is 1. The van der Waals surface area contributed by atoms with Gasteiger partial charge in [0.1, 0.15) is 12.1 Å². The van der Waals surface area contributed by atoms with Crippen molar-refractivity contribution in [3.63, 3.8) is 0 Å². The van der Waals surface area contributed by atoms with Crippen LogP contribution in [0, 0.1) is 12.8 Å². The maximum Gasteiger partial charge on any atom is 0.132 e. The van der Waals surface area contributed by atoms with E-state index in [1.165, 1.54) is 0 Å². The minimum Gasteiger partial charge on any atom is -0.370 e. The fourth-order valence-electron chi connectivity index (χ4n) is 3.23. The summed E-state index contributed by atoms with van der Waals surface area (Å²) in [7, 11) is 0. The van der Waals surface area contributed by atoms with Crippen LogP contribution >= 0.6 is 0 Å². The molecule has 110 valence electrons. The predicted molar refractivity (Wildman–Crippen MR) is 77.4 cm³/mol. The average molecular weight is 277 g/mol. The van der Waals surface area contributed by atoms with E-state index in [4.69, 9.17) is 4.74 Å². The van der Waals surface area contributed by atoms with E-state index in [0.29, 0.717) is 12.0 Å². The Hall–Kier alpha value is -1.24. The third-order valence-corrected chi connectivity index (χ3v) is 4.32. The maximum absolute atomic E-state index is 6.11. The molecule has 0 aromatic carbocycles. The molecule has 0 amide bonds. The summed E-state index contributed by atoms with van der Waals surface area (Å²) in [6.07, 6.45) is 1.63. The first kappa shape index (κ1) is 13.7. The van der Waals surface area contributed by atoms with Crippen LogP contribution in [0.15, 0.2) is 12.4 Å². The molecule has 0 bridgehead atoms. The van der Waals surface area contributed by atoms with Gasteiger partial charge in [0.05, 0.1) is 18.2 Å². The number of hydrogen-bond acceptors (Lipinski definition) is 6. The quantitative estimate of drug-likeness (QED) is 0.820. The zero-order valence-corrected chi connectivity index (χ0v) is 12.4. The molecular formula is C14H23N5O. The van der Waals surface area contributed by atoms with Crippen molar-refractivity contribution in [2.24, 2.45) is 5.92 Å². The van der Waals surface area contributed by atoms with Crippen molar-refractivity contribution in [1.82, 2.24) is 20.8 Å². The van der Waals surface area contributed by atoms with E-state index in [0.717, 1.165) is 37.8 Å². The van der Waals surface area contributed by atoms with Crippen molar-refractivity contribution in [1.29, 1.82) is 0 Å².